The lowest BCUT2D eigenvalue weighted by molar-refractivity contribution is -0.118. The molecule has 0 aliphatic carbocycles. The Balaban J connectivity index is 1.90. The third kappa shape index (κ3) is 5.61. The molecule has 0 aliphatic rings. The van der Waals surface area contributed by atoms with Crippen LogP contribution in [0.5, 0.6) is 0 Å². The average molecular weight is 375 g/mol. The molecule has 0 saturated carbocycles. The molecule has 6 heteroatoms. The van der Waals surface area contributed by atoms with Crippen molar-refractivity contribution in [2.75, 3.05) is 25.4 Å². The SMILES string of the molecule is CCN(CCNC(=O)CSc1nccn1-c1cc(C)ccc1C)C(C)C. The minimum absolute atomic E-state index is 0.0466. The summed E-state index contributed by atoms with van der Waals surface area (Å²) in [5.41, 5.74) is 3.51. The van der Waals surface area contributed by atoms with E-state index in [0.29, 0.717) is 18.3 Å². The first-order valence-electron chi connectivity index (χ1n) is 9.17. The van der Waals surface area contributed by atoms with E-state index in [-0.39, 0.29) is 5.91 Å². The van der Waals surface area contributed by atoms with Gasteiger partial charge in [0.25, 0.3) is 0 Å². The molecule has 0 saturated heterocycles. The van der Waals surface area contributed by atoms with Gasteiger partial charge >= 0.3 is 0 Å². The van der Waals surface area contributed by atoms with E-state index in [0.717, 1.165) is 23.9 Å². The Morgan fingerprint density at radius 2 is 2.12 bits per heavy atom. The van der Waals surface area contributed by atoms with Crippen LogP contribution in [0.4, 0.5) is 0 Å². The first-order valence-corrected chi connectivity index (χ1v) is 10.2. The van der Waals surface area contributed by atoms with Crippen LogP contribution in [-0.4, -0.2) is 51.8 Å². The molecular formula is C20H30N4OS. The zero-order valence-electron chi connectivity index (χ0n) is 16.5. The van der Waals surface area contributed by atoms with Crippen LogP contribution in [0.1, 0.15) is 31.9 Å². The number of nitrogens with zero attached hydrogens (tertiary/aromatic N) is 3. The summed E-state index contributed by atoms with van der Waals surface area (Å²) in [6, 6.07) is 6.86. The van der Waals surface area contributed by atoms with Gasteiger partial charge in [-0.3, -0.25) is 14.3 Å². The van der Waals surface area contributed by atoms with E-state index < -0.39 is 0 Å². The molecule has 5 nitrogen and oxygen atoms in total. The molecule has 2 rings (SSSR count). The first kappa shape index (κ1) is 20.5. The number of amides is 1. The lowest BCUT2D eigenvalue weighted by atomic mass is 10.1. The van der Waals surface area contributed by atoms with Crippen molar-refractivity contribution in [2.45, 2.75) is 45.8 Å². The molecule has 0 spiro atoms. The normalized spacial score (nSPS) is 11.3. The van der Waals surface area contributed by atoms with Crippen molar-refractivity contribution in [1.82, 2.24) is 19.8 Å². The van der Waals surface area contributed by atoms with Crippen molar-refractivity contribution in [1.29, 1.82) is 0 Å². The molecule has 1 aromatic heterocycles. The largest absolute Gasteiger partial charge is 0.354 e. The van der Waals surface area contributed by atoms with Gasteiger partial charge in [-0.05, 0) is 51.4 Å². The number of hydrogen-bond acceptors (Lipinski definition) is 4. The Kier molecular flexibility index (Phi) is 7.72. The number of aromatic nitrogens is 2. The molecule has 1 aromatic carbocycles. The van der Waals surface area contributed by atoms with Crippen molar-refractivity contribution in [3.63, 3.8) is 0 Å². The average Bonchev–Trinajstić information content (AvgIpc) is 3.07. The quantitative estimate of drug-likeness (QED) is 0.683. The summed E-state index contributed by atoms with van der Waals surface area (Å²) in [5, 5.41) is 3.85. The summed E-state index contributed by atoms with van der Waals surface area (Å²) >= 11 is 1.47. The number of thioether (sulfide) groups is 1. The lowest BCUT2D eigenvalue weighted by Crippen LogP contribution is -2.38. The van der Waals surface area contributed by atoms with E-state index in [4.69, 9.17) is 0 Å². The number of aryl methyl sites for hydroxylation is 2. The summed E-state index contributed by atoms with van der Waals surface area (Å²) in [7, 11) is 0. The van der Waals surface area contributed by atoms with Gasteiger partial charge in [0.15, 0.2) is 5.16 Å². The number of benzene rings is 1. The fourth-order valence-electron chi connectivity index (χ4n) is 2.86. The smallest absolute Gasteiger partial charge is 0.230 e. The molecule has 26 heavy (non-hydrogen) atoms. The lowest BCUT2D eigenvalue weighted by Gasteiger charge is -2.24. The Morgan fingerprint density at radius 3 is 2.81 bits per heavy atom. The summed E-state index contributed by atoms with van der Waals surface area (Å²) in [6.07, 6.45) is 3.73. The maximum Gasteiger partial charge on any atom is 0.230 e. The zero-order chi connectivity index (χ0) is 19.1. The van der Waals surface area contributed by atoms with E-state index in [1.54, 1.807) is 6.20 Å². The van der Waals surface area contributed by atoms with Crippen LogP contribution in [-0.2, 0) is 4.79 Å². The van der Waals surface area contributed by atoms with Crippen LogP contribution in [0.2, 0.25) is 0 Å². The van der Waals surface area contributed by atoms with Crippen LogP contribution >= 0.6 is 11.8 Å². The predicted molar refractivity (Wildman–Crippen MR) is 109 cm³/mol. The van der Waals surface area contributed by atoms with E-state index in [9.17, 15) is 4.79 Å². The van der Waals surface area contributed by atoms with Crippen molar-refractivity contribution >= 4 is 17.7 Å². The van der Waals surface area contributed by atoms with Crippen molar-refractivity contribution < 1.29 is 4.79 Å². The van der Waals surface area contributed by atoms with Crippen LogP contribution in [0, 0.1) is 13.8 Å². The van der Waals surface area contributed by atoms with Gasteiger partial charge in [-0.2, -0.15) is 0 Å². The number of nitrogens with one attached hydrogen (secondary N) is 1. The Bertz CT molecular complexity index is 726. The maximum atomic E-state index is 12.2. The fraction of sp³-hybridized carbons (Fsp3) is 0.500. The van der Waals surface area contributed by atoms with E-state index in [1.165, 1.54) is 22.9 Å². The minimum atomic E-state index is 0.0466. The highest BCUT2D eigenvalue weighted by Gasteiger charge is 2.11. The van der Waals surface area contributed by atoms with E-state index >= 15 is 0 Å². The van der Waals surface area contributed by atoms with Crippen molar-refractivity contribution in [2.24, 2.45) is 0 Å². The van der Waals surface area contributed by atoms with Gasteiger partial charge in [-0.15, -0.1) is 0 Å². The number of imidazole rings is 1. The molecule has 1 amide bonds. The Morgan fingerprint density at radius 1 is 1.35 bits per heavy atom. The zero-order valence-corrected chi connectivity index (χ0v) is 17.3. The monoisotopic (exact) mass is 374 g/mol. The molecule has 0 radical (unpaired) electrons. The molecule has 1 N–H and O–H groups in total. The topological polar surface area (TPSA) is 50.2 Å². The highest BCUT2D eigenvalue weighted by atomic mass is 32.2. The molecule has 0 unspecified atom stereocenters. The Hall–Kier alpha value is -1.79. The van der Waals surface area contributed by atoms with Gasteiger partial charge in [-0.25, -0.2) is 4.98 Å². The van der Waals surface area contributed by atoms with Crippen LogP contribution in [0.3, 0.4) is 0 Å². The third-order valence-electron chi connectivity index (χ3n) is 4.42. The standard InChI is InChI=1S/C20H30N4OS/c1-6-23(15(2)3)11-9-21-19(25)14-26-20-22-10-12-24(20)18-13-16(4)7-8-17(18)5/h7-8,10,12-13,15H,6,9,11,14H2,1-5H3,(H,21,25). The molecule has 2 aromatic rings. The number of likely N-dealkylation sites (N-methyl/N-ethyl adjacent to an activating group) is 1. The van der Waals surface area contributed by atoms with Crippen LogP contribution in [0.15, 0.2) is 35.7 Å². The maximum absolute atomic E-state index is 12.2. The molecule has 0 bridgehead atoms. The van der Waals surface area contributed by atoms with Gasteiger partial charge < -0.3 is 5.32 Å². The van der Waals surface area contributed by atoms with Crippen molar-refractivity contribution in [3.8, 4) is 5.69 Å². The van der Waals surface area contributed by atoms with E-state index in [1.807, 2.05) is 6.20 Å². The van der Waals surface area contributed by atoms with Gasteiger partial charge in [0.05, 0.1) is 11.4 Å². The predicted octanol–water partition coefficient (Wildman–Crippen LogP) is 3.43. The summed E-state index contributed by atoms with van der Waals surface area (Å²) in [5.74, 6) is 0.417. The highest BCUT2D eigenvalue weighted by Crippen LogP contribution is 2.23. The number of rotatable bonds is 9. The minimum Gasteiger partial charge on any atom is -0.354 e. The number of hydrogen-bond donors (Lipinski definition) is 1. The van der Waals surface area contributed by atoms with Crippen molar-refractivity contribution in [3.05, 3.63) is 41.7 Å². The van der Waals surface area contributed by atoms with Gasteiger partial charge in [0, 0.05) is 31.5 Å². The summed E-state index contributed by atoms with van der Waals surface area (Å²) in [4.78, 5) is 18.9. The summed E-state index contributed by atoms with van der Waals surface area (Å²) in [6.45, 7) is 13.2. The van der Waals surface area contributed by atoms with Gasteiger partial charge in [0.2, 0.25) is 5.91 Å². The molecule has 0 aliphatic heterocycles. The number of carbonyl (C=O) groups is 1. The fourth-order valence-corrected chi connectivity index (χ4v) is 3.66. The number of carbonyl (C=O) groups excluding carboxylic acids is 1. The molecule has 0 fully saturated rings. The molecule has 1 heterocycles. The molecule has 0 atom stereocenters. The molecule has 142 valence electrons. The first-order chi connectivity index (χ1) is 12.4. The third-order valence-corrected chi connectivity index (χ3v) is 5.39. The van der Waals surface area contributed by atoms with Gasteiger partial charge in [0.1, 0.15) is 0 Å². The Labute approximate surface area is 161 Å². The second kappa shape index (κ2) is 9.78. The van der Waals surface area contributed by atoms with Crippen LogP contribution in [0.25, 0.3) is 5.69 Å². The molecular weight excluding hydrogens is 344 g/mol. The summed E-state index contributed by atoms with van der Waals surface area (Å²) < 4.78 is 2.05. The van der Waals surface area contributed by atoms with Gasteiger partial charge in [-0.1, -0.05) is 30.8 Å². The highest BCUT2D eigenvalue weighted by molar-refractivity contribution is 7.99. The second-order valence-electron chi connectivity index (χ2n) is 6.73. The van der Waals surface area contributed by atoms with E-state index in [2.05, 4.69) is 72.6 Å². The van der Waals surface area contributed by atoms with Crippen LogP contribution < -0.4 is 5.32 Å². The second-order valence-corrected chi connectivity index (χ2v) is 7.67.